The highest BCUT2D eigenvalue weighted by Crippen LogP contribution is 2.33. The third-order valence-electron chi connectivity index (χ3n) is 3.19. The van der Waals surface area contributed by atoms with Gasteiger partial charge in [-0.1, -0.05) is 60.7 Å². The van der Waals surface area contributed by atoms with Crippen LogP contribution in [0.3, 0.4) is 0 Å². The van der Waals surface area contributed by atoms with Crippen molar-refractivity contribution in [3.05, 3.63) is 66.7 Å². The summed E-state index contributed by atoms with van der Waals surface area (Å²) < 4.78 is 5.42. The SMILES string of the molecule is COc1ccc(-c2ccccc2)c2ccccc12. The molecular formula is C17H14O. The first-order valence-electron chi connectivity index (χ1n) is 6.01. The van der Waals surface area contributed by atoms with E-state index in [2.05, 4.69) is 48.5 Å². The van der Waals surface area contributed by atoms with Crippen molar-refractivity contribution >= 4 is 10.8 Å². The Morgan fingerprint density at radius 3 is 2.06 bits per heavy atom. The van der Waals surface area contributed by atoms with E-state index in [1.165, 1.54) is 16.5 Å². The highest BCUT2D eigenvalue weighted by Gasteiger charge is 2.06. The van der Waals surface area contributed by atoms with E-state index in [9.17, 15) is 0 Å². The van der Waals surface area contributed by atoms with Crippen LogP contribution in [0.4, 0.5) is 0 Å². The highest BCUT2D eigenvalue weighted by molar-refractivity contribution is 6.00. The fraction of sp³-hybridized carbons (Fsp3) is 0.0588. The van der Waals surface area contributed by atoms with Crippen molar-refractivity contribution in [3.8, 4) is 16.9 Å². The van der Waals surface area contributed by atoms with Crippen LogP contribution in [0.25, 0.3) is 21.9 Å². The summed E-state index contributed by atoms with van der Waals surface area (Å²) in [5.41, 5.74) is 2.48. The summed E-state index contributed by atoms with van der Waals surface area (Å²) in [6.07, 6.45) is 0. The Balaban J connectivity index is 2.32. The van der Waals surface area contributed by atoms with Gasteiger partial charge in [0.2, 0.25) is 0 Å². The average Bonchev–Trinajstić information content (AvgIpc) is 2.47. The average molecular weight is 234 g/mol. The molecule has 0 amide bonds. The molecule has 0 aliphatic heterocycles. The second kappa shape index (κ2) is 4.53. The zero-order valence-electron chi connectivity index (χ0n) is 10.3. The van der Waals surface area contributed by atoms with Crippen LogP contribution in [0.5, 0.6) is 5.75 Å². The third kappa shape index (κ3) is 1.74. The topological polar surface area (TPSA) is 9.23 Å². The molecular weight excluding hydrogens is 220 g/mol. The fourth-order valence-corrected chi connectivity index (χ4v) is 2.32. The monoisotopic (exact) mass is 234 g/mol. The van der Waals surface area contributed by atoms with E-state index in [1.54, 1.807) is 7.11 Å². The van der Waals surface area contributed by atoms with Gasteiger partial charge in [-0.15, -0.1) is 0 Å². The minimum Gasteiger partial charge on any atom is -0.496 e. The van der Waals surface area contributed by atoms with Crippen LogP contribution in [0, 0.1) is 0 Å². The van der Waals surface area contributed by atoms with Gasteiger partial charge in [0.05, 0.1) is 7.11 Å². The van der Waals surface area contributed by atoms with Crippen LogP contribution in [-0.4, -0.2) is 7.11 Å². The lowest BCUT2D eigenvalue weighted by Crippen LogP contribution is -1.87. The molecule has 18 heavy (non-hydrogen) atoms. The molecule has 0 fully saturated rings. The predicted octanol–water partition coefficient (Wildman–Crippen LogP) is 4.52. The van der Waals surface area contributed by atoms with Crippen LogP contribution < -0.4 is 4.74 Å². The van der Waals surface area contributed by atoms with Gasteiger partial charge in [0.1, 0.15) is 5.75 Å². The van der Waals surface area contributed by atoms with Gasteiger partial charge in [0.15, 0.2) is 0 Å². The van der Waals surface area contributed by atoms with E-state index in [1.807, 2.05) is 18.2 Å². The largest absolute Gasteiger partial charge is 0.496 e. The molecule has 0 saturated heterocycles. The Morgan fingerprint density at radius 1 is 0.667 bits per heavy atom. The molecule has 0 saturated carbocycles. The van der Waals surface area contributed by atoms with Crippen LogP contribution in [0.2, 0.25) is 0 Å². The van der Waals surface area contributed by atoms with Crippen LogP contribution in [-0.2, 0) is 0 Å². The molecule has 0 aliphatic carbocycles. The minimum atomic E-state index is 0.922. The smallest absolute Gasteiger partial charge is 0.126 e. The summed E-state index contributed by atoms with van der Waals surface area (Å²) in [7, 11) is 1.71. The van der Waals surface area contributed by atoms with Gasteiger partial charge < -0.3 is 4.74 Å². The number of rotatable bonds is 2. The number of hydrogen-bond acceptors (Lipinski definition) is 1. The normalized spacial score (nSPS) is 10.5. The maximum atomic E-state index is 5.42. The molecule has 0 unspecified atom stereocenters. The number of fused-ring (bicyclic) bond motifs is 1. The Bertz CT molecular complexity index is 672. The summed E-state index contributed by atoms with van der Waals surface area (Å²) in [6, 6.07) is 22.9. The van der Waals surface area contributed by atoms with Crippen molar-refractivity contribution in [2.45, 2.75) is 0 Å². The molecule has 0 heterocycles. The Hall–Kier alpha value is -2.28. The van der Waals surface area contributed by atoms with Crippen molar-refractivity contribution in [2.24, 2.45) is 0 Å². The molecule has 1 nitrogen and oxygen atoms in total. The molecule has 0 spiro atoms. The van der Waals surface area contributed by atoms with E-state index < -0.39 is 0 Å². The molecule has 3 aromatic carbocycles. The first-order chi connectivity index (χ1) is 8.90. The quantitative estimate of drug-likeness (QED) is 0.633. The lowest BCUT2D eigenvalue weighted by atomic mass is 9.98. The van der Waals surface area contributed by atoms with Crippen molar-refractivity contribution in [2.75, 3.05) is 7.11 Å². The first-order valence-corrected chi connectivity index (χ1v) is 6.01. The summed E-state index contributed by atoms with van der Waals surface area (Å²) >= 11 is 0. The van der Waals surface area contributed by atoms with Gasteiger partial charge in [0.25, 0.3) is 0 Å². The van der Waals surface area contributed by atoms with Gasteiger partial charge >= 0.3 is 0 Å². The van der Waals surface area contributed by atoms with Gasteiger partial charge in [-0.05, 0) is 22.6 Å². The number of ether oxygens (including phenoxy) is 1. The van der Waals surface area contributed by atoms with E-state index in [-0.39, 0.29) is 0 Å². The molecule has 88 valence electrons. The molecule has 0 aliphatic rings. The van der Waals surface area contributed by atoms with E-state index in [0.717, 1.165) is 11.1 Å². The van der Waals surface area contributed by atoms with Gasteiger partial charge in [-0.25, -0.2) is 0 Å². The van der Waals surface area contributed by atoms with Crippen molar-refractivity contribution in [1.82, 2.24) is 0 Å². The summed E-state index contributed by atoms with van der Waals surface area (Å²) in [5.74, 6) is 0.922. The van der Waals surface area contributed by atoms with Gasteiger partial charge in [0, 0.05) is 5.39 Å². The van der Waals surface area contributed by atoms with E-state index in [4.69, 9.17) is 4.74 Å². The zero-order valence-corrected chi connectivity index (χ0v) is 10.3. The predicted molar refractivity (Wildman–Crippen MR) is 75.9 cm³/mol. The standard InChI is InChI=1S/C17H14O/c1-18-17-12-11-14(13-7-3-2-4-8-13)15-9-5-6-10-16(15)17/h2-12H,1H3. The maximum Gasteiger partial charge on any atom is 0.126 e. The lowest BCUT2D eigenvalue weighted by molar-refractivity contribution is 0.420. The Kier molecular flexibility index (Phi) is 2.73. The van der Waals surface area contributed by atoms with E-state index in [0.29, 0.717) is 0 Å². The molecule has 0 radical (unpaired) electrons. The zero-order chi connectivity index (χ0) is 12.4. The molecule has 3 rings (SSSR count). The Morgan fingerprint density at radius 2 is 1.33 bits per heavy atom. The number of hydrogen-bond donors (Lipinski definition) is 0. The highest BCUT2D eigenvalue weighted by atomic mass is 16.5. The summed E-state index contributed by atoms with van der Waals surface area (Å²) in [5, 5.41) is 2.38. The van der Waals surface area contributed by atoms with Crippen LogP contribution in [0.1, 0.15) is 0 Å². The van der Waals surface area contributed by atoms with Crippen LogP contribution in [0.15, 0.2) is 66.7 Å². The minimum absolute atomic E-state index is 0.922. The molecule has 1 heteroatoms. The number of methoxy groups -OCH3 is 1. The first kappa shape index (κ1) is 10.8. The van der Waals surface area contributed by atoms with E-state index >= 15 is 0 Å². The molecule has 0 aromatic heterocycles. The molecule has 3 aromatic rings. The number of benzene rings is 3. The van der Waals surface area contributed by atoms with Crippen molar-refractivity contribution in [3.63, 3.8) is 0 Å². The van der Waals surface area contributed by atoms with Gasteiger partial charge in [-0.2, -0.15) is 0 Å². The third-order valence-corrected chi connectivity index (χ3v) is 3.19. The fourth-order valence-electron chi connectivity index (χ4n) is 2.32. The molecule has 0 bridgehead atoms. The Labute approximate surface area is 107 Å². The van der Waals surface area contributed by atoms with Crippen molar-refractivity contribution in [1.29, 1.82) is 0 Å². The summed E-state index contributed by atoms with van der Waals surface area (Å²) in [4.78, 5) is 0. The second-order valence-electron chi connectivity index (χ2n) is 4.23. The lowest BCUT2D eigenvalue weighted by Gasteiger charge is -2.10. The van der Waals surface area contributed by atoms with Gasteiger partial charge in [-0.3, -0.25) is 0 Å². The summed E-state index contributed by atoms with van der Waals surface area (Å²) in [6.45, 7) is 0. The molecule has 0 atom stereocenters. The van der Waals surface area contributed by atoms with Crippen molar-refractivity contribution < 1.29 is 4.74 Å². The maximum absolute atomic E-state index is 5.42. The molecule has 0 N–H and O–H groups in total. The van der Waals surface area contributed by atoms with Crippen LogP contribution >= 0.6 is 0 Å². The second-order valence-corrected chi connectivity index (χ2v) is 4.23.